The number of anilines is 1. The summed E-state index contributed by atoms with van der Waals surface area (Å²) in [5.41, 5.74) is 2.89. The number of hydrogen-bond donors (Lipinski definition) is 1. The van der Waals surface area contributed by atoms with Gasteiger partial charge in [-0.1, -0.05) is 28.1 Å². The number of thiazole rings is 1. The maximum atomic E-state index is 12.7. The maximum absolute atomic E-state index is 12.7. The Hall–Kier alpha value is -2.22. The number of morpholine rings is 1. The van der Waals surface area contributed by atoms with Gasteiger partial charge in [-0.05, 0) is 42.0 Å². The number of carbonyl (C=O) groups is 1. The van der Waals surface area contributed by atoms with Crippen molar-refractivity contribution in [2.75, 3.05) is 25.0 Å². The van der Waals surface area contributed by atoms with Gasteiger partial charge in [0.05, 0.1) is 13.2 Å². The Bertz CT molecular complexity index is 898. The van der Waals surface area contributed by atoms with E-state index in [0.717, 1.165) is 26.3 Å². The first kappa shape index (κ1) is 18.2. The van der Waals surface area contributed by atoms with E-state index in [1.807, 2.05) is 53.9 Å². The smallest absolute Gasteiger partial charge is 0.322 e. The molecule has 27 heavy (non-hydrogen) atoms. The zero-order valence-electron chi connectivity index (χ0n) is 14.5. The van der Waals surface area contributed by atoms with Crippen molar-refractivity contribution in [2.45, 2.75) is 6.10 Å². The predicted octanol–water partition coefficient (Wildman–Crippen LogP) is 5.18. The Labute approximate surface area is 170 Å². The Kier molecular flexibility index (Phi) is 5.52. The minimum Gasteiger partial charge on any atom is -0.370 e. The van der Waals surface area contributed by atoms with Crippen molar-refractivity contribution in [2.24, 2.45) is 0 Å². The molecule has 2 aromatic carbocycles. The van der Waals surface area contributed by atoms with Crippen molar-refractivity contribution < 1.29 is 9.53 Å². The van der Waals surface area contributed by atoms with Gasteiger partial charge in [-0.15, -0.1) is 11.3 Å². The summed E-state index contributed by atoms with van der Waals surface area (Å²) in [6, 6.07) is 15.7. The van der Waals surface area contributed by atoms with Crippen LogP contribution in [0.25, 0.3) is 10.6 Å². The van der Waals surface area contributed by atoms with Gasteiger partial charge in [0.1, 0.15) is 11.1 Å². The molecule has 3 aromatic rings. The highest BCUT2D eigenvalue weighted by molar-refractivity contribution is 9.10. The lowest BCUT2D eigenvalue weighted by Gasteiger charge is -2.33. The second-order valence-electron chi connectivity index (χ2n) is 6.20. The summed E-state index contributed by atoms with van der Waals surface area (Å²) in [7, 11) is 0. The van der Waals surface area contributed by atoms with Crippen molar-refractivity contribution in [3.63, 3.8) is 0 Å². The van der Waals surface area contributed by atoms with Gasteiger partial charge in [-0.3, -0.25) is 0 Å². The molecule has 1 aromatic heterocycles. The van der Waals surface area contributed by atoms with Gasteiger partial charge in [0.15, 0.2) is 0 Å². The van der Waals surface area contributed by atoms with Crippen LogP contribution >= 0.6 is 27.3 Å². The molecule has 4 rings (SSSR count). The number of aromatic nitrogens is 1. The quantitative estimate of drug-likeness (QED) is 0.606. The SMILES string of the molecule is O=C(Nc1ccc(-c2nccs2)cc1)N1CCOC(c2ccc(Br)cc2)C1. The Morgan fingerprint density at radius 1 is 1.19 bits per heavy atom. The maximum Gasteiger partial charge on any atom is 0.322 e. The first-order valence-electron chi connectivity index (χ1n) is 8.62. The van der Waals surface area contributed by atoms with E-state index in [0.29, 0.717) is 19.7 Å². The molecule has 0 radical (unpaired) electrons. The highest BCUT2D eigenvalue weighted by Gasteiger charge is 2.25. The van der Waals surface area contributed by atoms with Gasteiger partial charge in [0.2, 0.25) is 0 Å². The average Bonchev–Trinajstić information content (AvgIpc) is 3.24. The summed E-state index contributed by atoms with van der Waals surface area (Å²) in [6.45, 7) is 1.64. The second-order valence-corrected chi connectivity index (χ2v) is 8.01. The summed E-state index contributed by atoms with van der Waals surface area (Å²) in [5.74, 6) is 0. The van der Waals surface area contributed by atoms with Gasteiger partial charge in [-0.25, -0.2) is 9.78 Å². The zero-order valence-corrected chi connectivity index (χ0v) is 16.9. The number of halogens is 1. The molecule has 0 bridgehead atoms. The van der Waals surface area contributed by atoms with E-state index < -0.39 is 0 Å². The zero-order chi connectivity index (χ0) is 18.6. The molecular weight excluding hydrogens is 426 g/mol. The fourth-order valence-electron chi connectivity index (χ4n) is 2.98. The molecule has 1 unspecified atom stereocenters. The van der Waals surface area contributed by atoms with Gasteiger partial charge in [-0.2, -0.15) is 0 Å². The highest BCUT2D eigenvalue weighted by Crippen LogP contribution is 2.25. The molecule has 138 valence electrons. The van der Waals surface area contributed by atoms with Crippen molar-refractivity contribution in [3.05, 3.63) is 70.1 Å². The molecule has 1 aliphatic heterocycles. The van der Waals surface area contributed by atoms with E-state index in [2.05, 4.69) is 26.2 Å². The molecule has 1 atom stereocenters. The van der Waals surface area contributed by atoms with E-state index in [1.165, 1.54) is 0 Å². The number of nitrogens with zero attached hydrogens (tertiary/aromatic N) is 2. The number of nitrogens with one attached hydrogen (secondary N) is 1. The van der Waals surface area contributed by atoms with Gasteiger partial charge in [0, 0.05) is 33.8 Å². The fourth-order valence-corrected chi connectivity index (χ4v) is 3.89. The Morgan fingerprint density at radius 2 is 1.96 bits per heavy atom. The van der Waals surface area contributed by atoms with Crippen molar-refractivity contribution in [1.29, 1.82) is 0 Å². The summed E-state index contributed by atoms with van der Waals surface area (Å²) in [5, 5.41) is 5.89. The molecule has 1 aliphatic rings. The van der Waals surface area contributed by atoms with Crippen LogP contribution in [0.4, 0.5) is 10.5 Å². The number of urea groups is 1. The molecule has 0 saturated carbocycles. The van der Waals surface area contributed by atoms with Crippen LogP contribution in [0.15, 0.2) is 64.6 Å². The average molecular weight is 444 g/mol. The minimum atomic E-state index is -0.109. The third-order valence-corrected chi connectivity index (χ3v) is 5.76. The summed E-state index contributed by atoms with van der Waals surface area (Å²) >= 11 is 5.03. The third kappa shape index (κ3) is 4.37. The van der Waals surface area contributed by atoms with Crippen LogP contribution < -0.4 is 5.32 Å². The molecule has 7 heteroatoms. The lowest BCUT2D eigenvalue weighted by molar-refractivity contribution is -0.0135. The number of amides is 2. The Morgan fingerprint density at radius 3 is 2.67 bits per heavy atom. The first-order chi connectivity index (χ1) is 13.2. The van der Waals surface area contributed by atoms with E-state index in [1.54, 1.807) is 22.4 Å². The molecule has 1 fully saturated rings. The second kappa shape index (κ2) is 8.21. The predicted molar refractivity (Wildman–Crippen MR) is 111 cm³/mol. The van der Waals surface area contributed by atoms with Crippen LogP contribution in [0.2, 0.25) is 0 Å². The number of rotatable bonds is 3. The van der Waals surface area contributed by atoms with Crippen LogP contribution in [0, 0.1) is 0 Å². The van der Waals surface area contributed by atoms with Crippen LogP contribution in [0.3, 0.4) is 0 Å². The summed E-state index contributed by atoms with van der Waals surface area (Å²) < 4.78 is 6.87. The van der Waals surface area contributed by atoms with Gasteiger partial charge >= 0.3 is 6.03 Å². The molecule has 2 heterocycles. The van der Waals surface area contributed by atoms with Gasteiger partial charge in [0.25, 0.3) is 0 Å². The van der Waals surface area contributed by atoms with Crippen LogP contribution in [-0.4, -0.2) is 35.6 Å². The molecular formula is C20H18BrN3O2S. The number of ether oxygens (including phenoxy) is 1. The molecule has 0 spiro atoms. The van der Waals surface area contributed by atoms with E-state index in [4.69, 9.17) is 4.74 Å². The van der Waals surface area contributed by atoms with Crippen molar-refractivity contribution >= 4 is 39.0 Å². The number of benzene rings is 2. The number of carbonyl (C=O) groups excluding carboxylic acids is 1. The molecule has 2 amide bonds. The first-order valence-corrected chi connectivity index (χ1v) is 10.3. The highest BCUT2D eigenvalue weighted by atomic mass is 79.9. The summed E-state index contributed by atoms with van der Waals surface area (Å²) in [6.07, 6.45) is 1.68. The normalized spacial score (nSPS) is 16.9. The third-order valence-electron chi connectivity index (χ3n) is 4.41. The van der Waals surface area contributed by atoms with Gasteiger partial charge < -0.3 is 15.0 Å². The topological polar surface area (TPSA) is 54.5 Å². The monoisotopic (exact) mass is 443 g/mol. The van der Waals surface area contributed by atoms with Crippen LogP contribution in [0.1, 0.15) is 11.7 Å². The lowest BCUT2D eigenvalue weighted by Crippen LogP contribution is -2.44. The van der Waals surface area contributed by atoms with Crippen molar-refractivity contribution in [1.82, 2.24) is 9.88 Å². The van der Waals surface area contributed by atoms with Crippen LogP contribution in [-0.2, 0) is 4.74 Å². The number of hydrogen-bond acceptors (Lipinski definition) is 4. The van der Waals surface area contributed by atoms with E-state index in [9.17, 15) is 4.79 Å². The summed E-state index contributed by atoms with van der Waals surface area (Å²) in [4.78, 5) is 18.7. The Balaban J connectivity index is 1.39. The fraction of sp³-hybridized carbons (Fsp3) is 0.200. The van der Waals surface area contributed by atoms with E-state index in [-0.39, 0.29) is 12.1 Å². The molecule has 1 N–H and O–H groups in total. The molecule has 5 nitrogen and oxygen atoms in total. The molecule has 1 saturated heterocycles. The lowest BCUT2D eigenvalue weighted by atomic mass is 10.1. The van der Waals surface area contributed by atoms with Crippen molar-refractivity contribution in [3.8, 4) is 10.6 Å². The molecule has 0 aliphatic carbocycles. The van der Waals surface area contributed by atoms with Crippen LogP contribution in [0.5, 0.6) is 0 Å². The van der Waals surface area contributed by atoms with E-state index >= 15 is 0 Å². The largest absolute Gasteiger partial charge is 0.370 e. The standard InChI is InChI=1S/C20H18BrN3O2S/c21-16-5-1-14(2-6-16)18-13-24(10-11-26-18)20(25)23-17-7-3-15(4-8-17)19-22-9-12-27-19/h1-9,12,18H,10-11,13H2,(H,23,25). The minimum absolute atomic E-state index is 0.107.